The summed E-state index contributed by atoms with van der Waals surface area (Å²) in [5.41, 5.74) is 0. The molecule has 0 fully saturated rings. The Morgan fingerprint density at radius 2 is 2.17 bits per heavy atom. The van der Waals surface area contributed by atoms with E-state index in [0.717, 1.165) is 25.7 Å². The number of hydrogen-bond donors (Lipinski definition) is 1. The van der Waals surface area contributed by atoms with Crippen LogP contribution in [-0.2, 0) is 4.79 Å². The predicted octanol–water partition coefficient (Wildman–Crippen LogP) is 2.29. The van der Waals surface area contributed by atoms with Gasteiger partial charge in [-0.3, -0.25) is 4.79 Å². The largest absolute Gasteiger partial charge is 0.481 e. The Labute approximate surface area is 74.0 Å². The van der Waals surface area contributed by atoms with Crippen LogP contribution in [0.3, 0.4) is 0 Å². The number of carboxylic acid groups (broad SMARTS) is 1. The summed E-state index contributed by atoms with van der Waals surface area (Å²) in [6, 6.07) is 0. The van der Waals surface area contributed by atoms with Crippen LogP contribution in [0.15, 0.2) is 0 Å². The van der Waals surface area contributed by atoms with Crippen LogP contribution in [-0.4, -0.2) is 11.1 Å². The highest BCUT2D eigenvalue weighted by Crippen LogP contribution is 2.06. The van der Waals surface area contributed by atoms with Gasteiger partial charge in [0.25, 0.3) is 0 Å². The number of unbranched alkanes of at least 4 members (excludes halogenated alkanes) is 1. The molecule has 0 saturated carbocycles. The lowest BCUT2D eigenvalue weighted by Crippen LogP contribution is -2.08. The van der Waals surface area contributed by atoms with E-state index in [-0.39, 0.29) is 5.92 Å². The van der Waals surface area contributed by atoms with Gasteiger partial charge < -0.3 is 5.11 Å². The zero-order valence-electron chi connectivity index (χ0n) is 7.76. The fraction of sp³-hybridized carbons (Fsp3) is 0.700. The molecule has 0 spiro atoms. The number of carboxylic acids is 1. The Morgan fingerprint density at radius 1 is 1.50 bits per heavy atom. The molecular weight excluding hydrogens is 152 g/mol. The standard InChI is InChI=1S/C10H16O2/c1-3-4-5-6-7-8-9(2)10(11)12/h9H,3,6-8H2,1-2H3,(H,11,12). The monoisotopic (exact) mass is 168 g/mol. The van der Waals surface area contributed by atoms with E-state index in [2.05, 4.69) is 11.8 Å². The van der Waals surface area contributed by atoms with Gasteiger partial charge in [-0.1, -0.05) is 13.8 Å². The third-order valence-corrected chi connectivity index (χ3v) is 1.66. The number of carbonyl (C=O) groups is 1. The van der Waals surface area contributed by atoms with Crippen molar-refractivity contribution in [1.82, 2.24) is 0 Å². The number of aliphatic carboxylic acids is 1. The van der Waals surface area contributed by atoms with Gasteiger partial charge in [0.15, 0.2) is 0 Å². The number of hydrogen-bond acceptors (Lipinski definition) is 1. The van der Waals surface area contributed by atoms with E-state index >= 15 is 0 Å². The maximum atomic E-state index is 10.4. The Balaban J connectivity index is 3.37. The summed E-state index contributed by atoms with van der Waals surface area (Å²) in [5, 5.41) is 8.55. The van der Waals surface area contributed by atoms with E-state index in [4.69, 9.17) is 5.11 Å². The summed E-state index contributed by atoms with van der Waals surface area (Å²) < 4.78 is 0. The maximum Gasteiger partial charge on any atom is 0.306 e. The van der Waals surface area contributed by atoms with Gasteiger partial charge in [0.2, 0.25) is 0 Å². The summed E-state index contributed by atoms with van der Waals surface area (Å²) in [7, 11) is 0. The van der Waals surface area contributed by atoms with E-state index in [1.54, 1.807) is 6.92 Å². The highest BCUT2D eigenvalue weighted by molar-refractivity contribution is 5.69. The zero-order valence-corrected chi connectivity index (χ0v) is 7.76. The molecule has 0 aliphatic heterocycles. The molecule has 0 heterocycles. The van der Waals surface area contributed by atoms with Crippen LogP contribution in [0.5, 0.6) is 0 Å². The predicted molar refractivity (Wildman–Crippen MR) is 48.7 cm³/mol. The average Bonchev–Trinajstić information content (AvgIpc) is 2.03. The van der Waals surface area contributed by atoms with Crippen LogP contribution < -0.4 is 0 Å². The molecule has 2 nitrogen and oxygen atoms in total. The van der Waals surface area contributed by atoms with E-state index in [1.165, 1.54) is 0 Å². The summed E-state index contributed by atoms with van der Waals surface area (Å²) in [6.45, 7) is 3.74. The summed E-state index contributed by atoms with van der Waals surface area (Å²) in [4.78, 5) is 10.4. The molecule has 2 heteroatoms. The topological polar surface area (TPSA) is 37.3 Å². The molecule has 68 valence electrons. The smallest absolute Gasteiger partial charge is 0.306 e. The third-order valence-electron chi connectivity index (χ3n) is 1.66. The molecule has 0 aromatic heterocycles. The molecule has 0 rings (SSSR count). The van der Waals surface area contributed by atoms with Crippen molar-refractivity contribution in [3.63, 3.8) is 0 Å². The molecule has 1 unspecified atom stereocenters. The fourth-order valence-electron chi connectivity index (χ4n) is 0.834. The Kier molecular flexibility index (Phi) is 6.18. The first-order valence-corrected chi connectivity index (χ1v) is 4.37. The Hall–Kier alpha value is -0.970. The van der Waals surface area contributed by atoms with Gasteiger partial charge in [0, 0.05) is 12.8 Å². The van der Waals surface area contributed by atoms with Crippen LogP contribution in [0.1, 0.15) is 39.5 Å². The SMILES string of the molecule is CCC#CCCCC(C)C(=O)O. The average molecular weight is 168 g/mol. The first-order valence-electron chi connectivity index (χ1n) is 4.37. The van der Waals surface area contributed by atoms with Crippen molar-refractivity contribution in [3.8, 4) is 11.8 Å². The van der Waals surface area contributed by atoms with Crippen molar-refractivity contribution in [1.29, 1.82) is 0 Å². The summed E-state index contributed by atoms with van der Waals surface area (Å²) in [5.74, 6) is 5.00. The first-order chi connectivity index (χ1) is 5.68. The molecule has 1 atom stereocenters. The van der Waals surface area contributed by atoms with Crippen LogP contribution in [0.2, 0.25) is 0 Å². The minimum absolute atomic E-state index is 0.228. The third kappa shape index (κ3) is 5.79. The van der Waals surface area contributed by atoms with E-state index in [9.17, 15) is 4.79 Å². The van der Waals surface area contributed by atoms with Gasteiger partial charge >= 0.3 is 5.97 Å². The normalized spacial score (nSPS) is 11.5. The van der Waals surface area contributed by atoms with E-state index in [0.29, 0.717) is 0 Å². The van der Waals surface area contributed by atoms with Crippen LogP contribution in [0.4, 0.5) is 0 Å². The molecule has 0 radical (unpaired) electrons. The Bertz CT molecular complexity index is 186. The molecule has 1 N–H and O–H groups in total. The molecule has 12 heavy (non-hydrogen) atoms. The quantitative estimate of drug-likeness (QED) is 0.516. The van der Waals surface area contributed by atoms with Crippen molar-refractivity contribution in [2.45, 2.75) is 39.5 Å². The van der Waals surface area contributed by atoms with Gasteiger partial charge in [-0.25, -0.2) is 0 Å². The lowest BCUT2D eigenvalue weighted by molar-refractivity contribution is -0.141. The van der Waals surface area contributed by atoms with Gasteiger partial charge in [0.1, 0.15) is 0 Å². The lowest BCUT2D eigenvalue weighted by Gasteiger charge is -2.02. The van der Waals surface area contributed by atoms with Crippen molar-refractivity contribution < 1.29 is 9.90 Å². The zero-order chi connectivity index (χ0) is 9.40. The molecule has 0 aliphatic carbocycles. The van der Waals surface area contributed by atoms with E-state index < -0.39 is 5.97 Å². The van der Waals surface area contributed by atoms with Crippen molar-refractivity contribution in [2.75, 3.05) is 0 Å². The van der Waals surface area contributed by atoms with Gasteiger partial charge in [-0.2, -0.15) is 0 Å². The van der Waals surface area contributed by atoms with Crippen molar-refractivity contribution >= 4 is 5.97 Å². The van der Waals surface area contributed by atoms with Gasteiger partial charge in [-0.15, -0.1) is 11.8 Å². The van der Waals surface area contributed by atoms with Gasteiger partial charge in [-0.05, 0) is 12.8 Å². The molecule has 0 amide bonds. The minimum Gasteiger partial charge on any atom is -0.481 e. The minimum atomic E-state index is -0.710. The number of rotatable bonds is 4. The molecular formula is C10H16O2. The summed E-state index contributed by atoms with van der Waals surface area (Å²) in [6.07, 6.45) is 3.33. The van der Waals surface area contributed by atoms with Crippen LogP contribution in [0.25, 0.3) is 0 Å². The maximum absolute atomic E-state index is 10.4. The van der Waals surface area contributed by atoms with Crippen LogP contribution >= 0.6 is 0 Å². The fourth-order valence-corrected chi connectivity index (χ4v) is 0.834. The van der Waals surface area contributed by atoms with Crippen molar-refractivity contribution in [2.24, 2.45) is 5.92 Å². The highest BCUT2D eigenvalue weighted by Gasteiger charge is 2.08. The highest BCUT2D eigenvalue weighted by atomic mass is 16.4. The van der Waals surface area contributed by atoms with Crippen molar-refractivity contribution in [3.05, 3.63) is 0 Å². The second-order valence-corrected chi connectivity index (χ2v) is 2.84. The molecule has 0 aliphatic rings. The Morgan fingerprint density at radius 3 is 2.67 bits per heavy atom. The van der Waals surface area contributed by atoms with E-state index in [1.807, 2.05) is 6.92 Å². The summed E-state index contributed by atoms with van der Waals surface area (Å²) >= 11 is 0. The molecule has 0 bridgehead atoms. The molecule has 0 saturated heterocycles. The van der Waals surface area contributed by atoms with Gasteiger partial charge in [0.05, 0.1) is 5.92 Å². The lowest BCUT2D eigenvalue weighted by atomic mass is 10.0. The second kappa shape index (κ2) is 6.72. The molecule has 0 aromatic carbocycles. The van der Waals surface area contributed by atoms with Crippen LogP contribution in [0, 0.1) is 17.8 Å². The molecule has 0 aromatic rings. The first kappa shape index (κ1) is 11.0. The second-order valence-electron chi connectivity index (χ2n) is 2.84.